The van der Waals surface area contributed by atoms with Gasteiger partial charge in [0.15, 0.2) is 0 Å². The first kappa shape index (κ1) is 13.0. The minimum Gasteiger partial charge on any atom is -0.461 e. The molecule has 0 amide bonds. The third-order valence-corrected chi connectivity index (χ3v) is 3.73. The zero-order chi connectivity index (χ0) is 13.8. The summed E-state index contributed by atoms with van der Waals surface area (Å²) < 4.78 is 11.7. The summed E-state index contributed by atoms with van der Waals surface area (Å²) in [6.45, 7) is 0.392. The van der Waals surface area contributed by atoms with E-state index in [1.807, 2.05) is 18.2 Å². The monoisotopic (exact) mass is 266 g/mol. The van der Waals surface area contributed by atoms with Gasteiger partial charge >= 0.3 is 0 Å². The first-order valence-corrected chi connectivity index (χ1v) is 7.09. The Labute approximate surface area is 119 Å². The molecular weight excluding hydrogens is 248 g/mol. The second-order valence-electron chi connectivity index (χ2n) is 5.16. The maximum absolute atomic E-state index is 6.03. The van der Waals surface area contributed by atoms with Crippen LogP contribution in [0.4, 0.5) is 0 Å². The highest BCUT2D eigenvalue weighted by molar-refractivity contribution is 5.58. The molecule has 0 fully saturated rings. The van der Waals surface area contributed by atoms with Crippen molar-refractivity contribution in [1.29, 1.82) is 0 Å². The maximum Gasteiger partial charge on any atom is 0.134 e. The number of aryl methyl sites for hydroxylation is 1. The molecule has 1 aromatic carbocycles. The molecule has 2 heteroatoms. The van der Waals surface area contributed by atoms with Gasteiger partial charge in [-0.3, -0.25) is 0 Å². The Balaban J connectivity index is 1.82. The molecule has 0 N–H and O–H groups in total. The van der Waals surface area contributed by atoms with E-state index in [0.717, 1.165) is 42.8 Å². The fraction of sp³-hybridized carbons (Fsp3) is 0.333. The zero-order valence-corrected chi connectivity index (χ0v) is 11.5. The molecule has 0 radical (unpaired) electrons. The average molecular weight is 266 g/mol. The maximum atomic E-state index is 6.03. The van der Waals surface area contributed by atoms with Crippen molar-refractivity contribution in [2.24, 2.45) is 0 Å². The second-order valence-corrected chi connectivity index (χ2v) is 5.16. The lowest BCUT2D eigenvalue weighted by atomic mass is 10.1. The molecular formula is C18H18O2. The Morgan fingerprint density at radius 1 is 1.30 bits per heavy atom. The topological polar surface area (TPSA) is 22.4 Å². The molecule has 1 aromatic heterocycles. The number of furan rings is 1. The Morgan fingerprint density at radius 2 is 2.15 bits per heavy atom. The molecule has 3 rings (SSSR count). The van der Waals surface area contributed by atoms with E-state index in [0.29, 0.717) is 6.61 Å². The number of rotatable bonds is 3. The van der Waals surface area contributed by atoms with E-state index < -0.39 is 0 Å². The first-order valence-electron chi connectivity index (χ1n) is 7.09. The highest BCUT2D eigenvalue weighted by atomic mass is 16.5. The van der Waals surface area contributed by atoms with Gasteiger partial charge in [-0.15, -0.1) is 6.42 Å². The number of benzene rings is 1. The zero-order valence-electron chi connectivity index (χ0n) is 11.5. The highest BCUT2D eigenvalue weighted by Crippen LogP contribution is 2.30. The summed E-state index contributed by atoms with van der Waals surface area (Å²) in [5, 5.41) is 0. The van der Waals surface area contributed by atoms with E-state index in [1.165, 1.54) is 5.56 Å². The van der Waals surface area contributed by atoms with Crippen LogP contribution in [0.15, 0.2) is 40.8 Å². The Hall–Kier alpha value is -1.98. The molecule has 1 aliphatic rings. The highest BCUT2D eigenvalue weighted by Gasteiger charge is 2.21. The van der Waals surface area contributed by atoms with Gasteiger partial charge < -0.3 is 9.15 Å². The molecule has 0 saturated heterocycles. The van der Waals surface area contributed by atoms with E-state index >= 15 is 0 Å². The molecule has 0 spiro atoms. The van der Waals surface area contributed by atoms with Gasteiger partial charge in [0.05, 0.1) is 6.10 Å². The summed E-state index contributed by atoms with van der Waals surface area (Å²) in [6.07, 6.45) is 9.50. The van der Waals surface area contributed by atoms with Gasteiger partial charge in [-0.25, -0.2) is 0 Å². The lowest BCUT2D eigenvalue weighted by Crippen LogP contribution is -2.15. The standard InChI is InChI=1S/C18H18O2/c1-2-11-19-16-9-6-10-17-15(12-16)13-18(20-17)14-7-4-3-5-8-14/h1,3-5,7-8,13,16H,6,9-12H2/t16-/m0/s1. The van der Waals surface area contributed by atoms with Crippen LogP contribution in [0.5, 0.6) is 0 Å². The van der Waals surface area contributed by atoms with Crippen molar-refractivity contribution in [2.45, 2.75) is 31.8 Å². The minimum atomic E-state index is 0.216. The average Bonchev–Trinajstić information content (AvgIpc) is 2.79. The number of ether oxygens (including phenoxy) is 1. The number of fused-ring (bicyclic) bond motifs is 1. The second kappa shape index (κ2) is 5.98. The molecule has 0 aliphatic heterocycles. The molecule has 1 heterocycles. The summed E-state index contributed by atoms with van der Waals surface area (Å²) >= 11 is 0. The van der Waals surface area contributed by atoms with E-state index in [9.17, 15) is 0 Å². The molecule has 0 unspecified atom stereocenters. The fourth-order valence-corrected chi connectivity index (χ4v) is 2.74. The van der Waals surface area contributed by atoms with Crippen LogP contribution >= 0.6 is 0 Å². The van der Waals surface area contributed by atoms with Crippen molar-refractivity contribution in [2.75, 3.05) is 6.61 Å². The van der Waals surface area contributed by atoms with Crippen LogP contribution in [0.2, 0.25) is 0 Å². The van der Waals surface area contributed by atoms with Gasteiger partial charge in [0.25, 0.3) is 0 Å². The van der Waals surface area contributed by atoms with Crippen molar-refractivity contribution in [3.63, 3.8) is 0 Å². The van der Waals surface area contributed by atoms with Crippen molar-refractivity contribution >= 4 is 0 Å². The van der Waals surface area contributed by atoms with Crippen LogP contribution in [0, 0.1) is 12.3 Å². The van der Waals surface area contributed by atoms with Gasteiger partial charge in [0.1, 0.15) is 18.1 Å². The van der Waals surface area contributed by atoms with Crippen LogP contribution < -0.4 is 0 Å². The quantitative estimate of drug-likeness (QED) is 0.622. The molecule has 1 aliphatic carbocycles. The summed E-state index contributed by atoms with van der Waals surface area (Å²) in [5.41, 5.74) is 2.39. The smallest absolute Gasteiger partial charge is 0.134 e. The van der Waals surface area contributed by atoms with Gasteiger partial charge in [-0.1, -0.05) is 36.3 Å². The molecule has 2 aromatic rings. The lowest BCUT2D eigenvalue weighted by Gasteiger charge is -2.12. The van der Waals surface area contributed by atoms with Gasteiger partial charge in [-0.05, 0) is 24.5 Å². The molecule has 2 nitrogen and oxygen atoms in total. The third kappa shape index (κ3) is 2.79. The van der Waals surface area contributed by atoms with Crippen LogP contribution in [-0.4, -0.2) is 12.7 Å². The van der Waals surface area contributed by atoms with Gasteiger partial charge in [0, 0.05) is 18.4 Å². The van der Waals surface area contributed by atoms with Crippen LogP contribution in [0.3, 0.4) is 0 Å². The van der Waals surface area contributed by atoms with Crippen molar-refractivity contribution in [3.8, 4) is 23.7 Å². The lowest BCUT2D eigenvalue weighted by molar-refractivity contribution is 0.0722. The summed E-state index contributed by atoms with van der Waals surface area (Å²) in [6, 6.07) is 12.4. The Bertz CT molecular complexity index is 604. The molecule has 20 heavy (non-hydrogen) atoms. The first-order chi connectivity index (χ1) is 9.86. The van der Waals surface area contributed by atoms with Crippen molar-refractivity contribution in [1.82, 2.24) is 0 Å². The Morgan fingerprint density at radius 3 is 2.95 bits per heavy atom. The largest absolute Gasteiger partial charge is 0.461 e. The van der Waals surface area contributed by atoms with Crippen molar-refractivity contribution in [3.05, 3.63) is 47.7 Å². The van der Waals surface area contributed by atoms with Crippen LogP contribution in [-0.2, 0) is 17.6 Å². The summed E-state index contributed by atoms with van der Waals surface area (Å²) in [5.74, 6) is 4.60. The summed E-state index contributed by atoms with van der Waals surface area (Å²) in [7, 11) is 0. The summed E-state index contributed by atoms with van der Waals surface area (Å²) in [4.78, 5) is 0. The number of hydrogen-bond donors (Lipinski definition) is 0. The third-order valence-electron chi connectivity index (χ3n) is 3.73. The van der Waals surface area contributed by atoms with Gasteiger partial charge in [-0.2, -0.15) is 0 Å². The van der Waals surface area contributed by atoms with Crippen LogP contribution in [0.25, 0.3) is 11.3 Å². The van der Waals surface area contributed by atoms with Crippen LogP contribution in [0.1, 0.15) is 24.2 Å². The van der Waals surface area contributed by atoms with Gasteiger partial charge in [0.2, 0.25) is 0 Å². The molecule has 0 saturated carbocycles. The SMILES string of the molecule is C#CCO[C@H]1CCCc2oc(-c3ccccc3)cc2C1. The van der Waals surface area contributed by atoms with E-state index in [-0.39, 0.29) is 6.10 Å². The normalized spacial score (nSPS) is 18.1. The predicted octanol–water partition coefficient (Wildman–Crippen LogP) is 3.84. The van der Waals surface area contributed by atoms with E-state index in [1.54, 1.807) is 0 Å². The van der Waals surface area contributed by atoms with E-state index in [4.69, 9.17) is 15.6 Å². The predicted molar refractivity (Wildman–Crippen MR) is 79.4 cm³/mol. The molecule has 0 bridgehead atoms. The molecule has 102 valence electrons. The number of terminal acetylenes is 1. The Kier molecular flexibility index (Phi) is 3.90. The van der Waals surface area contributed by atoms with Crippen molar-refractivity contribution < 1.29 is 9.15 Å². The molecule has 1 atom stereocenters. The fourth-order valence-electron chi connectivity index (χ4n) is 2.74. The number of hydrogen-bond acceptors (Lipinski definition) is 2. The van der Waals surface area contributed by atoms with E-state index in [2.05, 4.69) is 24.1 Å². The minimum absolute atomic E-state index is 0.216.